The van der Waals surface area contributed by atoms with Crippen molar-refractivity contribution in [1.82, 2.24) is 0 Å². The van der Waals surface area contributed by atoms with Crippen molar-refractivity contribution in [2.75, 3.05) is 6.61 Å². The van der Waals surface area contributed by atoms with E-state index in [9.17, 15) is 12.8 Å². The van der Waals surface area contributed by atoms with Gasteiger partial charge in [0.1, 0.15) is 16.5 Å². The summed E-state index contributed by atoms with van der Waals surface area (Å²) in [6, 6.07) is 3.26. The number of hydrogen-bond acceptors (Lipinski definition) is 3. The minimum atomic E-state index is -4.00. The van der Waals surface area contributed by atoms with Gasteiger partial charge in [0.25, 0.3) is 9.05 Å². The molecule has 1 aromatic rings. The highest BCUT2D eigenvalue weighted by molar-refractivity contribution is 8.13. The van der Waals surface area contributed by atoms with Crippen molar-refractivity contribution in [3.8, 4) is 5.75 Å². The van der Waals surface area contributed by atoms with Gasteiger partial charge in [-0.15, -0.1) is 0 Å². The van der Waals surface area contributed by atoms with Crippen LogP contribution in [0.2, 0.25) is 0 Å². The molecular weight excluding hydrogens is 267 g/mol. The highest BCUT2D eigenvalue weighted by Crippen LogP contribution is 2.27. The molecule has 1 aromatic carbocycles. The van der Waals surface area contributed by atoms with Crippen molar-refractivity contribution in [3.63, 3.8) is 0 Å². The Morgan fingerprint density at radius 2 is 2.06 bits per heavy atom. The van der Waals surface area contributed by atoms with E-state index in [4.69, 9.17) is 15.4 Å². The summed E-state index contributed by atoms with van der Waals surface area (Å²) in [7, 11) is 1.20. The molecule has 0 N–H and O–H groups in total. The Hall–Kier alpha value is -0.810. The molecule has 0 aliphatic heterocycles. The van der Waals surface area contributed by atoms with E-state index in [0.29, 0.717) is 12.5 Å². The van der Waals surface area contributed by atoms with E-state index in [0.717, 1.165) is 18.6 Å². The Bertz CT molecular complexity index is 485. The minimum Gasteiger partial charge on any atom is -0.492 e. The molecule has 0 atom stereocenters. The van der Waals surface area contributed by atoms with Gasteiger partial charge in [-0.3, -0.25) is 0 Å². The molecule has 0 heterocycles. The average molecular weight is 281 g/mol. The third-order valence-corrected chi connectivity index (χ3v) is 3.46. The zero-order valence-electron chi connectivity index (χ0n) is 9.61. The van der Waals surface area contributed by atoms with Gasteiger partial charge in [-0.05, 0) is 30.5 Å². The van der Waals surface area contributed by atoms with Crippen LogP contribution in [0.1, 0.15) is 20.3 Å². The summed E-state index contributed by atoms with van der Waals surface area (Å²) in [5.74, 6) is -0.144. The van der Waals surface area contributed by atoms with Crippen LogP contribution >= 0.6 is 10.7 Å². The maximum absolute atomic E-state index is 12.9. The number of ether oxygens (including phenoxy) is 1. The fraction of sp³-hybridized carbons (Fsp3) is 0.455. The maximum Gasteiger partial charge on any atom is 0.265 e. The van der Waals surface area contributed by atoms with Crippen LogP contribution in [0.3, 0.4) is 0 Å². The molecule has 0 radical (unpaired) electrons. The van der Waals surface area contributed by atoms with Crippen LogP contribution in [-0.4, -0.2) is 15.0 Å². The molecule has 0 spiro atoms. The maximum atomic E-state index is 12.9. The number of rotatable bonds is 5. The fourth-order valence-corrected chi connectivity index (χ4v) is 2.18. The summed E-state index contributed by atoms with van der Waals surface area (Å²) < 4.78 is 40.7. The lowest BCUT2D eigenvalue weighted by Crippen LogP contribution is -2.04. The van der Waals surface area contributed by atoms with Crippen molar-refractivity contribution in [2.24, 2.45) is 5.92 Å². The molecule has 0 aliphatic carbocycles. The van der Waals surface area contributed by atoms with Crippen molar-refractivity contribution >= 4 is 19.7 Å². The van der Waals surface area contributed by atoms with Crippen LogP contribution in [0.25, 0.3) is 0 Å². The highest BCUT2D eigenvalue weighted by atomic mass is 35.7. The molecular formula is C11H14ClFO3S. The first-order valence-electron chi connectivity index (χ1n) is 5.17. The van der Waals surface area contributed by atoms with Crippen LogP contribution < -0.4 is 4.74 Å². The SMILES string of the molecule is CC(C)CCOc1ccc(F)cc1S(=O)(=O)Cl. The summed E-state index contributed by atoms with van der Waals surface area (Å²) in [4.78, 5) is -0.331. The van der Waals surface area contributed by atoms with E-state index in [1.807, 2.05) is 13.8 Å². The number of hydrogen-bond donors (Lipinski definition) is 0. The zero-order chi connectivity index (χ0) is 13.1. The van der Waals surface area contributed by atoms with Gasteiger partial charge in [0.05, 0.1) is 6.61 Å². The van der Waals surface area contributed by atoms with Gasteiger partial charge in [0.2, 0.25) is 0 Å². The second kappa shape index (κ2) is 5.69. The molecule has 6 heteroatoms. The molecule has 0 saturated heterocycles. The molecule has 0 amide bonds. The summed E-state index contributed by atoms with van der Waals surface area (Å²) in [5.41, 5.74) is 0. The molecule has 0 aromatic heterocycles. The van der Waals surface area contributed by atoms with Crippen LogP contribution in [0.4, 0.5) is 4.39 Å². The second-order valence-electron chi connectivity index (χ2n) is 4.06. The fourth-order valence-electron chi connectivity index (χ4n) is 1.20. The highest BCUT2D eigenvalue weighted by Gasteiger charge is 2.18. The van der Waals surface area contributed by atoms with E-state index in [2.05, 4.69) is 0 Å². The quantitative estimate of drug-likeness (QED) is 0.778. The second-order valence-corrected chi connectivity index (χ2v) is 6.59. The molecule has 0 aliphatic rings. The zero-order valence-corrected chi connectivity index (χ0v) is 11.2. The van der Waals surface area contributed by atoms with E-state index >= 15 is 0 Å². The van der Waals surface area contributed by atoms with Crippen LogP contribution in [0, 0.1) is 11.7 Å². The van der Waals surface area contributed by atoms with E-state index in [1.54, 1.807) is 0 Å². The summed E-state index contributed by atoms with van der Waals surface area (Å²) >= 11 is 0. The molecule has 3 nitrogen and oxygen atoms in total. The average Bonchev–Trinajstić information content (AvgIpc) is 2.18. The third-order valence-electron chi connectivity index (χ3n) is 2.12. The van der Waals surface area contributed by atoms with Crippen molar-refractivity contribution in [2.45, 2.75) is 25.2 Å². The normalized spacial score (nSPS) is 11.8. The Morgan fingerprint density at radius 3 is 2.59 bits per heavy atom. The summed E-state index contributed by atoms with van der Waals surface area (Å²) in [5, 5.41) is 0. The third kappa shape index (κ3) is 4.52. The van der Waals surface area contributed by atoms with Gasteiger partial charge in [0, 0.05) is 10.7 Å². The number of benzene rings is 1. The van der Waals surface area contributed by atoms with Crippen molar-refractivity contribution < 1.29 is 17.5 Å². The van der Waals surface area contributed by atoms with Crippen LogP contribution in [0.15, 0.2) is 23.1 Å². The Kier molecular flexibility index (Phi) is 4.77. The molecule has 0 bridgehead atoms. The van der Waals surface area contributed by atoms with Gasteiger partial charge in [0.15, 0.2) is 0 Å². The van der Waals surface area contributed by atoms with Crippen molar-refractivity contribution in [1.29, 1.82) is 0 Å². The Balaban J connectivity index is 2.92. The van der Waals surface area contributed by atoms with E-state index < -0.39 is 14.9 Å². The first-order chi connectivity index (χ1) is 7.80. The first kappa shape index (κ1) is 14.3. The topological polar surface area (TPSA) is 43.4 Å². The lowest BCUT2D eigenvalue weighted by atomic mass is 10.1. The lowest BCUT2D eigenvalue weighted by Gasteiger charge is -2.10. The van der Waals surface area contributed by atoms with Gasteiger partial charge in [-0.1, -0.05) is 13.8 Å². The molecule has 1 rings (SSSR count). The molecule has 17 heavy (non-hydrogen) atoms. The first-order valence-corrected chi connectivity index (χ1v) is 7.48. The molecule has 0 saturated carbocycles. The summed E-state index contributed by atoms with van der Waals surface area (Å²) in [6.07, 6.45) is 0.777. The van der Waals surface area contributed by atoms with E-state index in [1.165, 1.54) is 6.07 Å². The van der Waals surface area contributed by atoms with E-state index in [-0.39, 0.29) is 10.6 Å². The smallest absolute Gasteiger partial charge is 0.265 e. The standard InChI is InChI=1S/C11H14ClFO3S/c1-8(2)5-6-16-10-4-3-9(13)7-11(10)17(12,14)15/h3-4,7-8H,5-6H2,1-2H3. The van der Waals surface area contributed by atoms with Gasteiger partial charge in [-0.25, -0.2) is 12.8 Å². The van der Waals surface area contributed by atoms with Gasteiger partial charge < -0.3 is 4.74 Å². The van der Waals surface area contributed by atoms with Gasteiger partial charge >= 0.3 is 0 Å². The number of halogens is 2. The van der Waals surface area contributed by atoms with Gasteiger partial charge in [-0.2, -0.15) is 0 Å². The summed E-state index contributed by atoms with van der Waals surface area (Å²) in [6.45, 7) is 4.41. The van der Waals surface area contributed by atoms with Crippen LogP contribution in [-0.2, 0) is 9.05 Å². The molecule has 0 unspecified atom stereocenters. The van der Waals surface area contributed by atoms with Crippen molar-refractivity contribution in [3.05, 3.63) is 24.0 Å². The predicted molar refractivity (Wildman–Crippen MR) is 64.4 cm³/mol. The monoisotopic (exact) mass is 280 g/mol. The Morgan fingerprint density at radius 1 is 1.41 bits per heavy atom. The minimum absolute atomic E-state index is 0.0852. The molecule has 96 valence electrons. The largest absolute Gasteiger partial charge is 0.492 e. The molecule has 0 fully saturated rings. The predicted octanol–water partition coefficient (Wildman–Crippen LogP) is 3.18. The Labute approximate surface area is 105 Å². The van der Waals surface area contributed by atoms with Crippen LogP contribution in [0.5, 0.6) is 5.75 Å². The lowest BCUT2D eigenvalue weighted by molar-refractivity contribution is 0.282.